The number of fused-ring (bicyclic) bond motifs is 4. The quantitative estimate of drug-likeness (QED) is 0.828. The second-order valence-corrected chi connectivity index (χ2v) is 7.31. The van der Waals surface area contributed by atoms with E-state index in [0.717, 1.165) is 37.7 Å². The highest BCUT2D eigenvalue weighted by Crippen LogP contribution is 2.36. The monoisotopic (exact) mass is 354 g/mol. The van der Waals surface area contributed by atoms with Gasteiger partial charge in [-0.1, -0.05) is 12.1 Å². The predicted octanol–water partition coefficient (Wildman–Crippen LogP) is 2.87. The van der Waals surface area contributed by atoms with Gasteiger partial charge in [0.05, 0.1) is 13.7 Å². The summed E-state index contributed by atoms with van der Waals surface area (Å²) >= 11 is 0. The maximum atomic E-state index is 12.2. The molecule has 0 spiro atoms. The second kappa shape index (κ2) is 7.16. The molecule has 3 heterocycles. The smallest absolute Gasteiger partial charge is 0.250 e. The Kier molecular flexibility index (Phi) is 4.72. The van der Waals surface area contributed by atoms with Crippen molar-refractivity contribution in [1.29, 1.82) is 0 Å². The van der Waals surface area contributed by atoms with E-state index in [9.17, 15) is 4.79 Å². The molecule has 0 amide bonds. The largest absolute Gasteiger partial charge is 0.493 e. The van der Waals surface area contributed by atoms with Gasteiger partial charge in [0.2, 0.25) is 0 Å². The highest BCUT2D eigenvalue weighted by molar-refractivity contribution is 5.43. The molecule has 0 aliphatic carbocycles. The van der Waals surface area contributed by atoms with Gasteiger partial charge in [-0.25, -0.2) is 0 Å². The van der Waals surface area contributed by atoms with Gasteiger partial charge in [-0.3, -0.25) is 9.69 Å². The third-order valence-electron chi connectivity index (χ3n) is 5.49. The maximum absolute atomic E-state index is 12.2. The van der Waals surface area contributed by atoms with E-state index in [2.05, 4.69) is 23.1 Å². The van der Waals surface area contributed by atoms with Crippen molar-refractivity contribution < 1.29 is 9.47 Å². The van der Waals surface area contributed by atoms with Gasteiger partial charge in [-0.15, -0.1) is 0 Å². The minimum absolute atomic E-state index is 0.141. The molecule has 2 bridgehead atoms. The van der Waals surface area contributed by atoms with Crippen LogP contribution < -0.4 is 15.0 Å². The standard InChI is InChI=1S/C21H26N2O3/c1-3-26-20-10-15(7-8-19(20)25-2)11-22-12-16-9-17(14-22)18-5-4-6-21(24)23(18)13-16/h4-8,10,16-17H,3,9,11-14H2,1-2H3. The fourth-order valence-corrected chi connectivity index (χ4v) is 4.47. The lowest BCUT2D eigenvalue weighted by Crippen LogP contribution is -2.46. The van der Waals surface area contributed by atoms with E-state index in [-0.39, 0.29) is 5.56 Å². The van der Waals surface area contributed by atoms with Crippen LogP contribution in [0.15, 0.2) is 41.2 Å². The molecule has 1 fully saturated rings. The number of benzene rings is 1. The number of pyridine rings is 1. The molecule has 26 heavy (non-hydrogen) atoms. The first-order chi connectivity index (χ1) is 12.7. The molecule has 0 saturated carbocycles. The summed E-state index contributed by atoms with van der Waals surface area (Å²) in [4.78, 5) is 14.7. The summed E-state index contributed by atoms with van der Waals surface area (Å²) in [6, 6.07) is 11.9. The summed E-state index contributed by atoms with van der Waals surface area (Å²) in [5, 5.41) is 0. The summed E-state index contributed by atoms with van der Waals surface area (Å²) in [6.45, 7) is 6.38. The van der Waals surface area contributed by atoms with Crippen molar-refractivity contribution in [2.45, 2.75) is 32.4 Å². The Hall–Kier alpha value is -2.27. The minimum Gasteiger partial charge on any atom is -0.493 e. The van der Waals surface area contributed by atoms with Crippen molar-refractivity contribution in [2.24, 2.45) is 5.92 Å². The Labute approximate surface area is 154 Å². The van der Waals surface area contributed by atoms with Crippen molar-refractivity contribution >= 4 is 0 Å². The molecule has 0 radical (unpaired) electrons. The first kappa shape index (κ1) is 17.2. The van der Waals surface area contributed by atoms with Crippen molar-refractivity contribution in [3.05, 3.63) is 58.0 Å². The van der Waals surface area contributed by atoms with Gasteiger partial charge in [-0.2, -0.15) is 0 Å². The summed E-state index contributed by atoms with van der Waals surface area (Å²) in [7, 11) is 1.67. The van der Waals surface area contributed by atoms with E-state index in [1.165, 1.54) is 17.7 Å². The maximum Gasteiger partial charge on any atom is 0.250 e. The van der Waals surface area contributed by atoms with Crippen LogP contribution in [0.1, 0.15) is 30.5 Å². The summed E-state index contributed by atoms with van der Waals surface area (Å²) in [6.07, 6.45) is 1.19. The molecular formula is C21H26N2O3. The molecule has 5 nitrogen and oxygen atoms in total. The van der Waals surface area contributed by atoms with Gasteiger partial charge >= 0.3 is 0 Å². The van der Waals surface area contributed by atoms with Crippen LogP contribution in [0.3, 0.4) is 0 Å². The van der Waals surface area contributed by atoms with Gasteiger partial charge in [0.1, 0.15) is 0 Å². The zero-order valence-corrected chi connectivity index (χ0v) is 15.5. The number of rotatable bonds is 5. The predicted molar refractivity (Wildman–Crippen MR) is 101 cm³/mol. The van der Waals surface area contributed by atoms with Crippen LogP contribution in [-0.2, 0) is 13.1 Å². The molecule has 2 unspecified atom stereocenters. The molecule has 2 aromatic rings. The van der Waals surface area contributed by atoms with E-state index < -0.39 is 0 Å². The van der Waals surface area contributed by atoms with E-state index >= 15 is 0 Å². The fourth-order valence-electron chi connectivity index (χ4n) is 4.47. The number of ether oxygens (including phenoxy) is 2. The van der Waals surface area contributed by atoms with Gasteiger partial charge in [0.15, 0.2) is 11.5 Å². The topological polar surface area (TPSA) is 43.7 Å². The second-order valence-electron chi connectivity index (χ2n) is 7.31. The minimum atomic E-state index is 0.141. The molecule has 2 aliphatic rings. The van der Waals surface area contributed by atoms with Gasteiger partial charge in [0.25, 0.3) is 5.56 Å². The average molecular weight is 354 g/mol. The molecule has 5 heteroatoms. The molecule has 4 rings (SSSR count). The Morgan fingerprint density at radius 3 is 2.81 bits per heavy atom. The van der Waals surface area contributed by atoms with E-state index in [4.69, 9.17) is 9.47 Å². The van der Waals surface area contributed by atoms with Crippen molar-refractivity contribution in [2.75, 3.05) is 26.8 Å². The number of aromatic nitrogens is 1. The molecule has 2 atom stereocenters. The van der Waals surface area contributed by atoms with Gasteiger partial charge in [0, 0.05) is 43.9 Å². The number of likely N-dealkylation sites (tertiary alicyclic amines) is 1. The number of hydrogen-bond acceptors (Lipinski definition) is 4. The van der Waals surface area contributed by atoms with E-state index in [1.807, 2.05) is 23.6 Å². The van der Waals surface area contributed by atoms with Gasteiger partial charge in [-0.05, 0) is 43.0 Å². The van der Waals surface area contributed by atoms with Crippen molar-refractivity contribution in [1.82, 2.24) is 9.47 Å². The number of piperidine rings is 1. The highest BCUT2D eigenvalue weighted by atomic mass is 16.5. The number of nitrogens with zero attached hydrogens (tertiary/aromatic N) is 2. The highest BCUT2D eigenvalue weighted by Gasteiger charge is 2.34. The van der Waals surface area contributed by atoms with Crippen LogP contribution in [0.4, 0.5) is 0 Å². The lowest BCUT2D eigenvalue weighted by Gasteiger charge is -2.42. The first-order valence-corrected chi connectivity index (χ1v) is 9.39. The van der Waals surface area contributed by atoms with Crippen LogP contribution in [0.2, 0.25) is 0 Å². The van der Waals surface area contributed by atoms with Crippen LogP contribution in [0.25, 0.3) is 0 Å². The molecular weight excluding hydrogens is 328 g/mol. The Bertz CT molecular complexity index is 845. The zero-order valence-electron chi connectivity index (χ0n) is 15.5. The lowest BCUT2D eigenvalue weighted by atomic mass is 9.83. The molecule has 1 aromatic carbocycles. The van der Waals surface area contributed by atoms with Crippen molar-refractivity contribution in [3.8, 4) is 11.5 Å². The van der Waals surface area contributed by atoms with Crippen LogP contribution >= 0.6 is 0 Å². The number of methoxy groups -OCH3 is 1. The van der Waals surface area contributed by atoms with Crippen LogP contribution in [-0.4, -0.2) is 36.3 Å². The van der Waals surface area contributed by atoms with Gasteiger partial charge < -0.3 is 14.0 Å². The SMILES string of the molecule is CCOc1cc(CN2CC3CC(C2)c2cccc(=O)n2C3)ccc1OC. The Morgan fingerprint density at radius 2 is 2.00 bits per heavy atom. The summed E-state index contributed by atoms with van der Waals surface area (Å²) < 4.78 is 13.1. The third-order valence-corrected chi connectivity index (χ3v) is 5.49. The van der Waals surface area contributed by atoms with Crippen LogP contribution in [0, 0.1) is 5.92 Å². The average Bonchev–Trinajstić information content (AvgIpc) is 2.63. The van der Waals surface area contributed by atoms with Crippen LogP contribution in [0.5, 0.6) is 11.5 Å². The number of hydrogen-bond donors (Lipinski definition) is 0. The molecule has 1 aromatic heterocycles. The van der Waals surface area contributed by atoms with E-state index in [0.29, 0.717) is 18.4 Å². The third kappa shape index (κ3) is 3.23. The normalized spacial score (nSPS) is 21.9. The molecule has 0 N–H and O–H groups in total. The molecule has 138 valence electrons. The fraction of sp³-hybridized carbons (Fsp3) is 0.476. The summed E-state index contributed by atoms with van der Waals surface area (Å²) in [5.41, 5.74) is 2.57. The Morgan fingerprint density at radius 1 is 1.12 bits per heavy atom. The lowest BCUT2D eigenvalue weighted by molar-refractivity contribution is 0.114. The van der Waals surface area contributed by atoms with Crippen molar-refractivity contribution in [3.63, 3.8) is 0 Å². The molecule has 1 saturated heterocycles. The zero-order chi connectivity index (χ0) is 18.1. The van der Waals surface area contributed by atoms with E-state index in [1.54, 1.807) is 13.2 Å². The Balaban J connectivity index is 1.53. The first-order valence-electron chi connectivity index (χ1n) is 9.39. The molecule has 2 aliphatic heterocycles. The summed E-state index contributed by atoms with van der Waals surface area (Å²) in [5.74, 6) is 2.58.